The summed E-state index contributed by atoms with van der Waals surface area (Å²) in [4.78, 5) is 49.0. The van der Waals surface area contributed by atoms with Gasteiger partial charge in [-0.3, -0.25) is 14.4 Å². The van der Waals surface area contributed by atoms with E-state index in [1.54, 1.807) is 22.3 Å². The van der Waals surface area contributed by atoms with E-state index in [1.165, 1.54) is 4.90 Å². The zero-order chi connectivity index (χ0) is 27.8. The number of benzene rings is 2. The Balaban J connectivity index is 1.30. The predicted molar refractivity (Wildman–Crippen MR) is 150 cm³/mol. The zero-order valence-corrected chi connectivity index (χ0v) is 23.4. The lowest BCUT2D eigenvalue weighted by molar-refractivity contribution is -0.143. The van der Waals surface area contributed by atoms with Gasteiger partial charge in [-0.15, -0.1) is 11.3 Å². The molecule has 9 heteroatoms. The quantitative estimate of drug-likeness (QED) is 0.467. The Kier molecular flexibility index (Phi) is 7.55. The highest BCUT2D eigenvalue weighted by atomic mass is 32.1. The van der Waals surface area contributed by atoms with Crippen molar-refractivity contribution in [3.05, 3.63) is 76.4 Å². The van der Waals surface area contributed by atoms with Gasteiger partial charge in [0, 0.05) is 25.1 Å². The molecule has 2 aliphatic rings. The smallest absolute Gasteiger partial charge is 0.255 e. The summed E-state index contributed by atoms with van der Waals surface area (Å²) in [6.07, 6.45) is -0.645. The van der Waals surface area contributed by atoms with Crippen LogP contribution >= 0.6 is 11.3 Å². The Morgan fingerprint density at radius 1 is 1.10 bits per heavy atom. The average Bonchev–Trinajstić information content (AvgIpc) is 3.61. The van der Waals surface area contributed by atoms with E-state index < -0.39 is 18.2 Å². The van der Waals surface area contributed by atoms with Crippen molar-refractivity contribution in [2.75, 3.05) is 6.54 Å². The number of aromatic nitrogens is 1. The van der Waals surface area contributed by atoms with E-state index in [9.17, 15) is 19.5 Å². The van der Waals surface area contributed by atoms with Crippen molar-refractivity contribution in [3.63, 3.8) is 0 Å². The number of hydrogen-bond donors (Lipinski definition) is 2. The predicted octanol–water partition coefficient (Wildman–Crippen LogP) is 3.94. The van der Waals surface area contributed by atoms with Crippen LogP contribution in [0.5, 0.6) is 0 Å². The van der Waals surface area contributed by atoms with E-state index in [0.29, 0.717) is 12.1 Å². The Hall–Kier alpha value is -3.56. The highest BCUT2D eigenvalue weighted by Gasteiger charge is 2.46. The SMILES string of the molecule is Cc1ncsc1-c1ccc(C(C)NC(=O)[C@@H]2C[C@@H](O)CN2C(=O)C(C(C)C)N2Cc3ccccc3C2=O)cc1. The van der Waals surface area contributed by atoms with Gasteiger partial charge in [0.1, 0.15) is 12.1 Å². The first-order valence-electron chi connectivity index (χ1n) is 13.3. The highest BCUT2D eigenvalue weighted by molar-refractivity contribution is 7.13. The monoisotopic (exact) mass is 546 g/mol. The molecule has 2 unspecified atom stereocenters. The van der Waals surface area contributed by atoms with Gasteiger partial charge in [-0.25, -0.2) is 4.98 Å². The number of carbonyl (C=O) groups excluding carboxylic acids is 3. The molecule has 39 heavy (non-hydrogen) atoms. The Labute approximate surface area is 232 Å². The first-order chi connectivity index (χ1) is 18.7. The summed E-state index contributed by atoms with van der Waals surface area (Å²) in [6.45, 7) is 8.10. The molecule has 204 valence electrons. The molecule has 3 aromatic rings. The fourth-order valence-electron chi connectivity index (χ4n) is 5.65. The molecule has 1 saturated heterocycles. The topological polar surface area (TPSA) is 103 Å². The molecule has 8 nitrogen and oxygen atoms in total. The minimum Gasteiger partial charge on any atom is -0.391 e. The van der Waals surface area contributed by atoms with Gasteiger partial charge in [0.2, 0.25) is 11.8 Å². The van der Waals surface area contributed by atoms with Gasteiger partial charge >= 0.3 is 0 Å². The molecule has 0 bridgehead atoms. The number of likely N-dealkylation sites (tertiary alicyclic amines) is 1. The number of carbonyl (C=O) groups is 3. The molecule has 3 amide bonds. The number of rotatable bonds is 7. The van der Waals surface area contributed by atoms with E-state index in [2.05, 4.69) is 10.3 Å². The van der Waals surface area contributed by atoms with Crippen LogP contribution in [0.25, 0.3) is 10.4 Å². The number of aliphatic hydroxyl groups excluding tert-OH is 1. The lowest BCUT2D eigenvalue weighted by Crippen LogP contribution is -2.55. The molecule has 0 aliphatic carbocycles. The minimum atomic E-state index is -0.810. The normalized spacial score (nSPS) is 20.3. The van der Waals surface area contributed by atoms with Gasteiger partial charge in [-0.2, -0.15) is 0 Å². The molecule has 0 spiro atoms. The van der Waals surface area contributed by atoms with Crippen molar-refractivity contribution >= 4 is 29.1 Å². The van der Waals surface area contributed by atoms with Crippen LogP contribution in [0.1, 0.15) is 60.4 Å². The van der Waals surface area contributed by atoms with Crippen LogP contribution in [0.4, 0.5) is 0 Å². The molecule has 0 radical (unpaired) electrons. The minimum absolute atomic E-state index is 0.0619. The summed E-state index contributed by atoms with van der Waals surface area (Å²) in [6, 6.07) is 13.6. The van der Waals surface area contributed by atoms with E-state index in [1.807, 2.05) is 75.7 Å². The summed E-state index contributed by atoms with van der Waals surface area (Å²) in [5, 5.41) is 13.5. The summed E-state index contributed by atoms with van der Waals surface area (Å²) < 4.78 is 0. The largest absolute Gasteiger partial charge is 0.391 e. The van der Waals surface area contributed by atoms with Crippen molar-refractivity contribution < 1.29 is 19.5 Å². The van der Waals surface area contributed by atoms with Crippen molar-refractivity contribution in [1.82, 2.24) is 20.1 Å². The van der Waals surface area contributed by atoms with Gasteiger partial charge in [-0.1, -0.05) is 56.3 Å². The third-order valence-electron chi connectivity index (χ3n) is 7.71. The molecule has 4 atom stereocenters. The first kappa shape index (κ1) is 27.0. The van der Waals surface area contributed by atoms with Crippen molar-refractivity contribution in [1.29, 1.82) is 0 Å². The maximum absolute atomic E-state index is 13.9. The lowest BCUT2D eigenvalue weighted by Gasteiger charge is -2.35. The van der Waals surface area contributed by atoms with Gasteiger partial charge in [0.25, 0.3) is 5.91 Å². The fourth-order valence-corrected chi connectivity index (χ4v) is 6.46. The van der Waals surface area contributed by atoms with Gasteiger partial charge in [0.05, 0.1) is 28.2 Å². The third kappa shape index (κ3) is 5.21. The molecule has 1 fully saturated rings. The molecular formula is C30H34N4O4S. The maximum Gasteiger partial charge on any atom is 0.255 e. The van der Waals surface area contributed by atoms with E-state index in [0.717, 1.165) is 27.3 Å². The summed E-state index contributed by atoms with van der Waals surface area (Å²) in [5.41, 5.74) is 6.32. The number of aliphatic hydroxyl groups is 1. The Morgan fingerprint density at radius 2 is 1.82 bits per heavy atom. The molecule has 3 heterocycles. The fraction of sp³-hybridized carbons (Fsp3) is 0.400. The number of β-amino-alcohol motifs (C(OH)–C–C–N with tert-alkyl or cyclic N) is 1. The number of nitrogens with zero attached hydrogens (tertiary/aromatic N) is 3. The number of fused-ring (bicyclic) bond motifs is 1. The third-order valence-corrected chi connectivity index (χ3v) is 8.69. The number of aryl methyl sites for hydroxylation is 1. The maximum atomic E-state index is 13.9. The van der Waals surface area contributed by atoms with Crippen LogP contribution in [-0.4, -0.2) is 62.3 Å². The number of amides is 3. The molecule has 1 aromatic heterocycles. The standard InChI is InChI=1S/C30H34N4O4S/c1-17(2)26(34-14-22-7-5-6-8-24(22)29(34)37)30(38)33-15-23(35)13-25(33)28(36)32-18(3)20-9-11-21(12-10-20)27-19(4)31-16-39-27/h5-12,16-18,23,25-26,35H,13-15H2,1-4H3,(H,32,36)/t18?,23-,25+,26?/m1/s1. The second-order valence-electron chi connectivity index (χ2n) is 10.8. The number of nitrogens with one attached hydrogen (secondary N) is 1. The summed E-state index contributed by atoms with van der Waals surface area (Å²) >= 11 is 1.59. The van der Waals surface area contributed by atoms with Crippen LogP contribution in [0, 0.1) is 12.8 Å². The summed E-state index contributed by atoms with van der Waals surface area (Å²) in [5.74, 6) is -0.964. The molecule has 0 saturated carbocycles. The van der Waals surface area contributed by atoms with Crippen LogP contribution in [-0.2, 0) is 16.1 Å². The second-order valence-corrected chi connectivity index (χ2v) is 11.6. The molecule has 2 N–H and O–H groups in total. The van der Waals surface area contributed by atoms with Crippen molar-refractivity contribution in [2.45, 2.75) is 64.9 Å². The van der Waals surface area contributed by atoms with Crippen LogP contribution in [0.2, 0.25) is 0 Å². The number of hydrogen-bond acceptors (Lipinski definition) is 6. The number of thiazole rings is 1. The Morgan fingerprint density at radius 3 is 2.46 bits per heavy atom. The van der Waals surface area contributed by atoms with Crippen molar-refractivity contribution in [3.8, 4) is 10.4 Å². The van der Waals surface area contributed by atoms with Crippen molar-refractivity contribution in [2.24, 2.45) is 5.92 Å². The van der Waals surface area contributed by atoms with Crippen LogP contribution in [0.3, 0.4) is 0 Å². The second kappa shape index (κ2) is 10.9. The van der Waals surface area contributed by atoms with Crippen LogP contribution < -0.4 is 5.32 Å². The molecule has 5 rings (SSSR count). The van der Waals surface area contributed by atoms with Gasteiger partial charge in [0.15, 0.2) is 0 Å². The molecule has 2 aromatic carbocycles. The van der Waals surface area contributed by atoms with E-state index in [4.69, 9.17) is 0 Å². The van der Waals surface area contributed by atoms with E-state index in [-0.39, 0.29) is 42.6 Å². The van der Waals surface area contributed by atoms with Crippen LogP contribution in [0.15, 0.2) is 54.0 Å². The first-order valence-corrected chi connectivity index (χ1v) is 14.2. The Bertz CT molecular complexity index is 1390. The molecular weight excluding hydrogens is 512 g/mol. The zero-order valence-electron chi connectivity index (χ0n) is 22.6. The van der Waals surface area contributed by atoms with E-state index >= 15 is 0 Å². The lowest BCUT2D eigenvalue weighted by atomic mass is 10.00. The average molecular weight is 547 g/mol. The summed E-state index contributed by atoms with van der Waals surface area (Å²) in [7, 11) is 0. The molecule has 2 aliphatic heterocycles. The van der Waals surface area contributed by atoms with Gasteiger partial charge in [-0.05, 0) is 42.5 Å². The highest BCUT2D eigenvalue weighted by Crippen LogP contribution is 2.31. The van der Waals surface area contributed by atoms with Gasteiger partial charge < -0.3 is 20.2 Å².